The lowest BCUT2D eigenvalue weighted by molar-refractivity contribution is -0.140. The third-order valence-electron chi connectivity index (χ3n) is 3.53. The van der Waals surface area contributed by atoms with Crippen molar-refractivity contribution in [1.29, 1.82) is 0 Å². The van der Waals surface area contributed by atoms with Gasteiger partial charge in [-0.3, -0.25) is 0 Å². The molecule has 0 N–H and O–H groups in total. The van der Waals surface area contributed by atoms with Crippen LogP contribution in [0, 0.1) is 0 Å². The van der Waals surface area contributed by atoms with Gasteiger partial charge in [0.1, 0.15) is 6.61 Å². The van der Waals surface area contributed by atoms with Crippen LogP contribution in [0.1, 0.15) is 12.5 Å². The van der Waals surface area contributed by atoms with Crippen LogP contribution in [0.3, 0.4) is 0 Å². The standard InChI is InChI=1S/C19H16O2/c1-13(2)19(20)21-12-14-7-8-16-10-9-15-5-3-4-6-17(15)18(16)11-14/h3-11H,1,12H2,2H3. The fourth-order valence-corrected chi connectivity index (χ4v) is 2.41. The van der Waals surface area contributed by atoms with Gasteiger partial charge >= 0.3 is 5.97 Å². The first-order valence-electron chi connectivity index (χ1n) is 6.88. The molecular weight excluding hydrogens is 260 g/mol. The number of benzene rings is 3. The van der Waals surface area contributed by atoms with Crippen LogP contribution in [0.2, 0.25) is 0 Å². The highest BCUT2D eigenvalue weighted by molar-refractivity contribution is 6.07. The monoisotopic (exact) mass is 276 g/mol. The Bertz CT molecular complexity index is 846. The molecule has 0 saturated carbocycles. The normalized spacial score (nSPS) is 10.7. The van der Waals surface area contributed by atoms with Crippen LogP contribution in [0.4, 0.5) is 0 Å². The van der Waals surface area contributed by atoms with Crippen molar-refractivity contribution in [3.63, 3.8) is 0 Å². The molecule has 0 radical (unpaired) electrons. The van der Waals surface area contributed by atoms with Crippen LogP contribution >= 0.6 is 0 Å². The summed E-state index contributed by atoms with van der Waals surface area (Å²) in [5, 5.41) is 4.78. The van der Waals surface area contributed by atoms with Gasteiger partial charge in [0.25, 0.3) is 0 Å². The summed E-state index contributed by atoms with van der Waals surface area (Å²) in [6.45, 7) is 5.50. The van der Waals surface area contributed by atoms with Crippen LogP contribution in [0.25, 0.3) is 21.5 Å². The molecule has 0 spiro atoms. The number of rotatable bonds is 3. The molecule has 3 aromatic rings. The molecule has 0 aromatic heterocycles. The predicted octanol–water partition coefficient (Wildman–Crippen LogP) is 4.61. The lowest BCUT2D eigenvalue weighted by atomic mass is 10.0. The van der Waals surface area contributed by atoms with Gasteiger partial charge in [-0.25, -0.2) is 4.79 Å². The SMILES string of the molecule is C=C(C)C(=O)OCc1ccc2ccc3ccccc3c2c1. The average molecular weight is 276 g/mol. The molecule has 21 heavy (non-hydrogen) atoms. The molecule has 0 aliphatic carbocycles. The molecule has 3 aromatic carbocycles. The first kappa shape index (κ1) is 13.4. The largest absolute Gasteiger partial charge is 0.457 e. The Morgan fingerprint density at radius 2 is 1.67 bits per heavy atom. The first-order valence-corrected chi connectivity index (χ1v) is 6.88. The van der Waals surface area contributed by atoms with Gasteiger partial charge in [-0.2, -0.15) is 0 Å². The topological polar surface area (TPSA) is 26.3 Å². The maximum Gasteiger partial charge on any atom is 0.333 e. The van der Waals surface area contributed by atoms with Gasteiger partial charge in [-0.05, 0) is 40.1 Å². The van der Waals surface area contributed by atoms with Gasteiger partial charge in [0.2, 0.25) is 0 Å². The zero-order valence-corrected chi connectivity index (χ0v) is 11.9. The second kappa shape index (κ2) is 5.41. The van der Waals surface area contributed by atoms with E-state index in [1.54, 1.807) is 6.92 Å². The Balaban J connectivity index is 2.00. The third kappa shape index (κ3) is 2.65. The number of ether oxygens (including phenoxy) is 1. The van der Waals surface area contributed by atoms with Crippen LogP contribution in [0.15, 0.2) is 66.7 Å². The van der Waals surface area contributed by atoms with Crippen molar-refractivity contribution in [2.75, 3.05) is 0 Å². The fraction of sp³-hybridized carbons (Fsp3) is 0.105. The van der Waals surface area contributed by atoms with Gasteiger partial charge in [0, 0.05) is 5.57 Å². The highest BCUT2D eigenvalue weighted by Gasteiger charge is 2.05. The number of hydrogen-bond donors (Lipinski definition) is 0. The molecule has 104 valence electrons. The van der Waals surface area contributed by atoms with E-state index < -0.39 is 0 Å². The zero-order chi connectivity index (χ0) is 14.8. The highest BCUT2D eigenvalue weighted by atomic mass is 16.5. The number of carbonyl (C=O) groups is 1. The Kier molecular flexibility index (Phi) is 3.44. The molecule has 3 rings (SSSR count). The highest BCUT2D eigenvalue weighted by Crippen LogP contribution is 2.26. The number of hydrogen-bond acceptors (Lipinski definition) is 2. The Morgan fingerprint density at radius 3 is 2.43 bits per heavy atom. The van der Waals surface area contributed by atoms with Crippen LogP contribution < -0.4 is 0 Å². The van der Waals surface area contributed by atoms with Crippen LogP contribution in [-0.2, 0) is 16.1 Å². The summed E-state index contributed by atoms with van der Waals surface area (Å²) in [6, 6.07) is 18.7. The van der Waals surface area contributed by atoms with Crippen molar-refractivity contribution in [3.05, 3.63) is 72.3 Å². The quantitative estimate of drug-likeness (QED) is 0.396. The van der Waals surface area contributed by atoms with Gasteiger partial charge in [-0.1, -0.05) is 55.1 Å². The molecule has 0 saturated heterocycles. The van der Waals surface area contributed by atoms with Gasteiger partial charge in [0.05, 0.1) is 0 Å². The van der Waals surface area contributed by atoms with E-state index in [9.17, 15) is 4.79 Å². The van der Waals surface area contributed by atoms with Crippen LogP contribution in [-0.4, -0.2) is 5.97 Å². The molecule has 0 bridgehead atoms. The number of fused-ring (bicyclic) bond motifs is 3. The second-order valence-corrected chi connectivity index (χ2v) is 5.20. The maximum atomic E-state index is 11.5. The summed E-state index contributed by atoms with van der Waals surface area (Å²) in [6.07, 6.45) is 0. The lowest BCUT2D eigenvalue weighted by Gasteiger charge is -2.08. The van der Waals surface area contributed by atoms with Crippen molar-refractivity contribution in [2.24, 2.45) is 0 Å². The minimum atomic E-state index is -0.354. The molecule has 0 heterocycles. The summed E-state index contributed by atoms with van der Waals surface area (Å²) in [5.74, 6) is -0.354. The van der Waals surface area contributed by atoms with E-state index in [1.807, 2.05) is 18.2 Å². The summed E-state index contributed by atoms with van der Waals surface area (Å²) < 4.78 is 5.21. The van der Waals surface area contributed by atoms with E-state index in [2.05, 4.69) is 43.0 Å². The van der Waals surface area contributed by atoms with Gasteiger partial charge in [0.15, 0.2) is 0 Å². The minimum Gasteiger partial charge on any atom is -0.457 e. The van der Waals surface area contributed by atoms with E-state index in [0.29, 0.717) is 5.57 Å². The fourth-order valence-electron chi connectivity index (χ4n) is 2.41. The van der Waals surface area contributed by atoms with Gasteiger partial charge in [-0.15, -0.1) is 0 Å². The zero-order valence-electron chi connectivity index (χ0n) is 11.9. The van der Waals surface area contributed by atoms with Crippen molar-refractivity contribution in [1.82, 2.24) is 0 Å². The Labute approximate surface area is 123 Å². The van der Waals surface area contributed by atoms with Gasteiger partial charge < -0.3 is 4.74 Å². The first-order chi connectivity index (χ1) is 10.1. The van der Waals surface area contributed by atoms with E-state index in [0.717, 1.165) is 5.56 Å². The van der Waals surface area contributed by atoms with Crippen molar-refractivity contribution < 1.29 is 9.53 Å². The summed E-state index contributed by atoms with van der Waals surface area (Å²) >= 11 is 0. The number of carbonyl (C=O) groups excluding carboxylic acids is 1. The minimum absolute atomic E-state index is 0.269. The van der Waals surface area contributed by atoms with E-state index in [4.69, 9.17) is 4.74 Å². The molecule has 2 nitrogen and oxygen atoms in total. The van der Waals surface area contributed by atoms with Crippen molar-refractivity contribution >= 4 is 27.5 Å². The van der Waals surface area contributed by atoms with Crippen molar-refractivity contribution in [2.45, 2.75) is 13.5 Å². The molecule has 0 amide bonds. The smallest absolute Gasteiger partial charge is 0.333 e. The van der Waals surface area contributed by atoms with Crippen molar-refractivity contribution in [3.8, 4) is 0 Å². The summed E-state index contributed by atoms with van der Waals surface area (Å²) in [7, 11) is 0. The van der Waals surface area contributed by atoms with E-state index in [-0.39, 0.29) is 12.6 Å². The molecule has 0 aliphatic rings. The maximum absolute atomic E-state index is 11.5. The molecule has 0 unspecified atom stereocenters. The Morgan fingerprint density at radius 1 is 1.00 bits per heavy atom. The Hall–Kier alpha value is -2.61. The molecule has 0 aliphatic heterocycles. The van der Waals surface area contributed by atoms with E-state index >= 15 is 0 Å². The lowest BCUT2D eigenvalue weighted by Crippen LogP contribution is -2.04. The van der Waals surface area contributed by atoms with E-state index in [1.165, 1.54) is 21.5 Å². The molecule has 2 heteroatoms. The number of esters is 1. The third-order valence-corrected chi connectivity index (χ3v) is 3.53. The van der Waals surface area contributed by atoms with Crippen LogP contribution in [0.5, 0.6) is 0 Å². The predicted molar refractivity (Wildman–Crippen MR) is 86.1 cm³/mol. The summed E-state index contributed by atoms with van der Waals surface area (Å²) in [4.78, 5) is 11.5. The molecular formula is C19H16O2. The molecule has 0 atom stereocenters. The summed E-state index contributed by atoms with van der Waals surface area (Å²) in [5.41, 5.74) is 1.40. The average Bonchev–Trinajstić information content (AvgIpc) is 2.52. The second-order valence-electron chi connectivity index (χ2n) is 5.20. The molecule has 0 fully saturated rings.